The summed E-state index contributed by atoms with van der Waals surface area (Å²) < 4.78 is 7.40. The fraction of sp³-hybridized carbons (Fsp3) is 0.400. The summed E-state index contributed by atoms with van der Waals surface area (Å²) in [5.74, 6) is 0.835. The molecule has 4 heteroatoms. The Balaban J connectivity index is 2.17. The molecule has 0 bridgehead atoms. The minimum absolute atomic E-state index is 0.622. The Labute approximate surface area is 112 Å². The van der Waals surface area contributed by atoms with E-state index in [1.54, 1.807) is 7.11 Å². The van der Waals surface area contributed by atoms with Gasteiger partial charge >= 0.3 is 0 Å². The van der Waals surface area contributed by atoms with Gasteiger partial charge in [0.2, 0.25) is 0 Å². The van der Waals surface area contributed by atoms with E-state index in [4.69, 9.17) is 4.74 Å². The number of ether oxygens (including phenoxy) is 1. The number of methoxy groups -OCH3 is 1. The first kappa shape index (κ1) is 12.1. The number of benzene rings is 1. The standard InChI is InChI=1S/C15H17N3O/c1-18-12-4-3-5-14(19-2)15(12)11(13(18)8-16)9-17-10-6-7-10/h3-5,10,17H,6-7,9H2,1-2H3. The van der Waals surface area contributed by atoms with Crippen LogP contribution in [0, 0.1) is 11.3 Å². The maximum absolute atomic E-state index is 9.41. The molecule has 0 amide bonds. The normalized spacial score (nSPS) is 14.6. The van der Waals surface area contributed by atoms with Crippen LogP contribution < -0.4 is 10.1 Å². The van der Waals surface area contributed by atoms with Crippen molar-refractivity contribution >= 4 is 10.9 Å². The quantitative estimate of drug-likeness (QED) is 0.912. The van der Waals surface area contributed by atoms with Gasteiger partial charge in [-0.2, -0.15) is 5.26 Å². The highest BCUT2D eigenvalue weighted by Gasteiger charge is 2.23. The molecule has 98 valence electrons. The first-order valence-electron chi connectivity index (χ1n) is 6.54. The van der Waals surface area contributed by atoms with Crippen LogP contribution in [-0.4, -0.2) is 17.7 Å². The van der Waals surface area contributed by atoms with E-state index in [1.165, 1.54) is 12.8 Å². The van der Waals surface area contributed by atoms with Gasteiger partial charge in [0, 0.05) is 30.6 Å². The number of fused-ring (bicyclic) bond motifs is 1. The molecule has 19 heavy (non-hydrogen) atoms. The van der Waals surface area contributed by atoms with E-state index < -0.39 is 0 Å². The molecule has 1 aliphatic carbocycles. The molecule has 1 N–H and O–H groups in total. The van der Waals surface area contributed by atoms with Gasteiger partial charge in [0.25, 0.3) is 0 Å². The molecule has 1 aliphatic rings. The molecular formula is C15H17N3O. The Bertz CT molecular complexity index is 662. The Morgan fingerprint density at radius 1 is 1.47 bits per heavy atom. The van der Waals surface area contributed by atoms with Crippen molar-refractivity contribution in [2.45, 2.75) is 25.4 Å². The van der Waals surface area contributed by atoms with Crippen LogP contribution in [0.5, 0.6) is 5.75 Å². The third kappa shape index (κ3) is 1.96. The van der Waals surface area contributed by atoms with Crippen molar-refractivity contribution < 1.29 is 4.74 Å². The number of rotatable bonds is 4. The van der Waals surface area contributed by atoms with E-state index >= 15 is 0 Å². The zero-order valence-corrected chi connectivity index (χ0v) is 11.2. The second kappa shape index (κ2) is 4.60. The van der Waals surface area contributed by atoms with Crippen LogP contribution in [0.25, 0.3) is 10.9 Å². The van der Waals surface area contributed by atoms with Gasteiger partial charge in [-0.25, -0.2) is 0 Å². The Kier molecular flexibility index (Phi) is 2.92. The molecule has 1 saturated carbocycles. The lowest BCUT2D eigenvalue weighted by molar-refractivity contribution is 0.419. The van der Waals surface area contributed by atoms with E-state index in [0.29, 0.717) is 11.7 Å². The van der Waals surface area contributed by atoms with Crippen LogP contribution in [0.3, 0.4) is 0 Å². The SMILES string of the molecule is COc1cccc2c1c(CNC1CC1)c(C#N)n2C. The monoisotopic (exact) mass is 255 g/mol. The highest BCUT2D eigenvalue weighted by molar-refractivity contribution is 5.92. The number of hydrogen-bond acceptors (Lipinski definition) is 3. The molecule has 1 fully saturated rings. The van der Waals surface area contributed by atoms with Gasteiger partial charge in [0.1, 0.15) is 17.5 Å². The molecule has 0 saturated heterocycles. The number of nitriles is 1. The zero-order chi connectivity index (χ0) is 13.4. The number of hydrogen-bond donors (Lipinski definition) is 1. The van der Waals surface area contributed by atoms with E-state index in [1.807, 2.05) is 29.8 Å². The molecule has 0 spiro atoms. The maximum Gasteiger partial charge on any atom is 0.128 e. The summed E-state index contributed by atoms with van der Waals surface area (Å²) in [6.07, 6.45) is 2.48. The summed E-state index contributed by atoms with van der Waals surface area (Å²) in [5.41, 5.74) is 2.81. The first-order chi connectivity index (χ1) is 9.26. The molecule has 2 aromatic rings. The molecule has 3 rings (SSSR count). The highest BCUT2D eigenvalue weighted by Crippen LogP contribution is 2.33. The fourth-order valence-corrected chi connectivity index (χ4v) is 2.56. The van der Waals surface area contributed by atoms with Crippen LogP contribution >= 0.6 is 0 Å². The Morgan fingerprint density at radius 2 is 2.26 bits per heavy atom. The lowest BCUT2D eigenvalue weighted by atomic mass is 10.1. The molecule has 1 aromatic carbocycles. The van der Waals surface area contributed by atoms with Crippen LogP contribution in [0.4, 0.5) is 0 Å². The number of nitrogens with one attached hydrogen (secondary N) is 1. The van der Waals surface area contributed by atoms with Gasteiger partial charge in [0.05, 0.1) is 12.6 Å². The number of aromatic nitrogens is 1. The topological polar surface area (TPSA) is 50.0 Å². The fourth-order valence-electron chi connectivity index (χ4n) is 2.56. The van der Waals surface area contributed by atoms with E-state index in [2.05, 4.69) is 11.4 Å². The van der Waals surface area contributed by atoms with Crippen molar-refractivity contribution in [3.05, 3.63) is 29.5 Å². The smallest absolute Gasteiger partial charge is 0.128 e. The van der Waals surface area contributed by atoms with E-state index in [-0.39, 0.29) is 0 Å². The molecule has 0 aliphatic heterocycles. The van der Waals surface area contributed by atoms with Crippen molar-refractivity contribution in [2.24, 2.45) is 7.05 Å². The third-order valence-electron chi connectivity index (χ3n) is 3.76. The summed E-state index contributed by atoms with van der Waals surface area (Å²) in [6.45, 7) is 0.727. The summed E-state index contributed by atoms with van der Waals surface area (Å²) in [7, 11) is 3.60. The lowest BCUT2D eigenvalue weighted by Gasteiger charge is -2.06. The summed E-state index contributed by atoms with van der Waals surface area (Å²) in [6, 6.07) is 8.87. The minimum Gasteiger partial charge on any atom is -0.496 e. The predicted octanol–water partition coefficient (Wildman–Crippen LogP) is 2.31. The summed E-state index contributed by atoms with van der Waals surface area (Å²) in [4.78, 5) is 0. The molecule has 0 atom stereocenters. The first-order valence-corrected chi connectivity index (χ1v) is 6.54. The van der Waals surface area contributed by atoms with Crippen LogP contribution in [0.2, 0.25) is 0 Å². The van der Waals surface area contributed by atoms with Gasteiger partial charge in [-0.15, -0.1) is 0 Å². The number of aryl methyl sites for hydroxylation is 1. The van der Waals surface area contributed by atoms with Crippen LogP contribution in [0.1, 0.15) is 24.1 Å². The average Bonchev–Trinajstić information content (AvgIpc) is 3.22. The summed E-state index contributed by atoms with van der Waals surface area (Å²) in [5, 5.41) is 13.9. The molecule has 0 unspecified atom stereocenters. The molecule has 1 heterocycles. The molecule has 1 aromatic heterocycles. The van der Waals surface area contributed by atoms with Crippen molar-refractivity contribution in [3.63, 3.8) is 0 Å². The highest BCUT2D eigenvalue weighted by atomic mass is 16.5. The van der Waals surface area contributed by atoms with Crippen LogP contribution in [-0.2, 0) is 13.6 Å². The largest absolute Gasteiger partial charge is 0.496 e. The molecular weight excluding hydrogens is 238 g/mol. The van der Waals surface area contributed by atoms with Crippen molar-refractivity contribution in [1.82, 2.24) is 9.88 Å². The third-order valence-corrected chi connectivity index (χ3v) is 3.76. The summed E-state index contributed by atoms with van der Waals surface area (Å²) >= 11 is 0. The Hall–Kier alpha value is -1.99. The number of nitrogens with zero attached hydrogens (tertiary/aromatic N) is 2. The lowest BCUT2D eigenvalue weighted by Crippen LogP contribution is -2.16. The minimum atomic E-state index is 0.622. The average molecular weight is 255 g/mol. The second-order valence-corrected chi connectivity index (χ2v) is 5.01. The van der Waals surface area contributed by atoms with Crippen LogP contribution in [0.15, 0.2) is 18.2 Å². The molecule has 0 radical (unpaired) electrons. The van der Waals surface area contributed by atoms with Gasteiger partial charge in [-0.3, -0.25) is 0 Å². The second-order valence-electron chi connectivity index (χ2n) is 5.01. The van der Waals surface area contributed by atoms with Gasteiger partial charge < -0.3 is 14.6 Å². The van der Waals surface area contributed by atoms with Gasteiger partial charge in [0.15, 0.2) is 0 Å². The van der Waals surface area contributed by atoms with Gasteiger partial charge in [-0.05, 0) is 25.0 Å². The Morgan fingerprint density at radius 3 is 2.89 bits per heavy atom. The maximum atomic E-state index is 9.41. The van der Waals surface area contributed by atoms with Crippen molar-refractivity contribution in [1.29, 1.82) is 5.26 Å². The molecule has 4 nitrogen and oxygen atoms in total. The zero-order valence-electron chi connectivity index (χ0n) is 11.2. The van der Waals surface area contributed by atoms with E-state index in [0.717, 1.165) is 28.8 Å². The van der Waals surface area contributed by atoms with Gasteiger partial charge in [-0.1, -0.05) is 6.07 Å². The van der Waals surface area contributed by atoms with E-state index in [9.17, 15) is 5.26 Å². The van der Waals surface area contributed by atoms with Crippen molar-refractivity contribution in [3.8, 4) is 11.8 Å². The van der Waals surface area contributed by atoms with Crippen molar-refractivity contribution in [2.75, 3.05) is 7.11 Å². The predicted molar refractivity (Wildman–Crippen MR) is 74.0 cm³/mol.